The summed E-state index contributed by atoms with van der Waals surface area (Å²) in [6.45, 7) is 0. The number of rotatable bonds is 3. The average Bonchev–Trinajstić information content (AvgIpc) is 2.03. The van der Waals surface area contributed by atoms with Crippen LogP contribution in [0, 0.1) is 0 Å². The second-order valence-electron chi connectivity index (χ2n) is 2.61. The van der Waals surface area contributed by atoms with Crippen LogP contribution in [0.25, 0.3) is 0 Å². The molecule has 5 heteroatoms. The van der Waals surface area contributed by atoms with Gasteiger partial charge in [-0.15, -0.1) is 0 Å². The van der Waals surface area contributed by atoms with Gasteiger partial charge in [-0.2, -0.15) is 0 Å². The molecule has 0 fully saturated rings. The zero-order valence-corrected chi connectivity index (χ0v) is 9.22. The molecule has 0 heterocycles. The first kappa shape index (κ1) is 10.0. The van der Waals surface area contributed by atoms with Crippen molar-refractivity contribution in [2.24, 2.45) is 9.35 Å². The van der Waals surface area contributed by atoms with Crippen LogP contribution < -0.4 is 4.46 Å². The Hall–Kier alpha value is -1.06. The summed E-state index contributed by atoms with van der Waals surface area (Å²) < 4.78 is 5.00. The van der Waals surface area contributed by atoms with Gasteiger partial charge in [-0.1, -0.05) is 0 Å². The SMILES string of the molecule is CN(C)N=N[Se]c1cccc(O)c1. The summed E-state index contributed by atoms with van der Waals surface area (Å²) in [5, 5.41) is 14.6. The van der Waals surface area contributed by atoms with Gasteiger partial charge in [-0.25, -0.2) is 0 Å². The van der Waals surface area contributed by atoms with Gasteiger partial charge in [-0.3, -0.25) is 0 Å². The Labute approximate surface area is 83.6 Å². The molecule has 0 saturated heterocycles. The standard InChI is InChI=1S/C8H11N3OSe/c1-11(2)9-10-13-8-5-3-4-7(12)6-8/h3-6,12H,1-2H3. The monoisotopic (exact) mass is 245 g/mol. The molecular weight excluding hydrogens is 233 g/mol. The van der Waals surface area contributed by atoms with Gasteiger partial charge in [0.15, 0.2) is 0 Å². The van der Waals surface area contributed by atoms with Gasteiger partial charge in [0.25, 0.3) is 0 Å². The zero-order valence-electron chi connectivity index (χ0n) is 7.51. The first-order valence-corrected chi connectivity index (χ1v) is 5.35. The number of benzene rings is 1. The molecule has 0 radical (unpaired) electrons. The second-order valence-corrected chi connectivity index (χ2v) is 4.32. The van der Waals surface area contributed by atoms with Gasteiger partial charge in [0.1, 0.15) is 0 Å². The molecule has 13 heavy (non-hydrogen) atoms. The second kappa shape index (κ2) is 4.84. The third-order valence-electron chi connectivity index (χ3n) is 1.18. The summed E-state index contributed by atoms with van der Waals surface area (Å²) in [7, 11) is 3.64. The van der Waals surface area contributed by atoms with Crippen LogP contribution in [-0.4, -0.2) is 39.4 Å². The molecule has 1 aromatic rings. The average molecular weight is 244 g/mol. The summed E-state index contributed by atoms with van der Waals surface area (Å²) in [5.74, 6) is 0.277. The van der Waals surface area contributed by atoms with E-state index in [1.54, 1.807) is 23.2 Å². The predicted molar refractivity (Wildman–Crippen MR) is 52.0 cm³/mol. The third kappa shape index (κ3) is 3.92. The van der Waals surface area contributed by atoms with Crippen molar-refractivity contribution in [3.63, 3.8) is 0 Å². The zero-order chi connectivity index (χ0) is 9.68. The molecule has 0 saturated carbocycles. The Bertz CT molecular complexity index is 301. The van der Waals surface area contributed by atoms with Gasteiger partial charge < -0.3 is 0 Å². The Morgan fingerprint density at radius 3 is 2.77 bits per heavy atom. The van der Waals surface area contributed by atoms with E-state index in [0.29, 0.717) is 0 Å². The molecule has 1 aromatic carbocycles. The Morgan fingerprint density at radius 2 is 2.15 bits per heavy atom. The van der Waals surface area contributed by atoms with E-state index in [1.165, 1.54) is 0 Å². The molecule has 1 rings (SSSR count). The number of phenols is 1. The van der Waals surface area contributed by atoms with Gasteiger partial charge in [0.2, 0.25) is 0 Å². The maximum absolute atomic E-state index is 9.15. The Morgan fingerprint density at radius 1 is 1.38 bits per heavy atom. The van der Waals surface area contributed by atoms with Crippen LogP contribution >= 0.6 is 0 Å². The fourth-order valence-electron chi connectivity index (χ4n) is 0.679. The van der Waals surface area contributed by atoms with E-state index in [9.17, 15) is 0 Å². The molecule has 0 aromatic heterocycles. The van der Waals surface area contributed by atoms with Gasteiger partial charge in [0.05, 0.1) is 0 Å². The summed E-state index contributed by atoms with van der Waals surface area (Å²) in [4.78, 5) is 0. The van der Waals surface area contributed by atoms with Crippen LogP contribution in [0.15, 0.2) is 33.6 Å². The van der Waals surface area contributed by atoms with Crippen molar-refractivity contribution in [1.29, 1.82) is 0 Å². The van der Waals surface area contributed by atoms with Crippen LogP contribution in [0.2, 0.25) is 0 Å². The molecule has 0 bridgehead atoms. The quantitative estimate of drug-likeness (QED) is 0.480. The summed E-state index contributed by atoms with van der Waals surface area (Å²) in [5.41, 5.74) is 0. The van der Waals surface area contributed by atoms with E-state index in [-0.39, 0.29) is 20.9 Å². The first-order valence-electron chi connectivity index (χ1n) is 3.73. The van der Waals surface area contributed by atoms with Crippen molar-refractivity contribution in [2.45, 2.75) is 0 Å². The number of aromatic hydroxyl groups is 1. The molecular formula is C8H11N3OSe. The third-order valence-corrected chi connectivity index (χ3v) is 2.48. The normalized spacial score (nSPS) is 10.6. The molecule has 4 nitrogen and oxygen atoms in total. The van der Waals surface area contributed by atoms with Crippen molar-refractivity contribution >= 4 is 19.6 Å². The van der Waals surface area contributed by atoms with Crippen LogP contribution in [0.5, 0.6) is 5.75 Å². The topological polar surface area (TPSA) is 48.2 Å². The number of hydrogen-bond donors (Lipinski definition) is 1. The molecule has 0 aliphatic rings. The van der Waals surface area contributed by atoms with E-state index in [0.717, 1.165) is 4.46 Å². The Balaban J connectivity index is 2.55. The van der Waals surface area contributed by atoms with E-state index in [4.69, 9.17) is 5.11 Å². The minimum absolute atomic E-state index is 0.0526. The van der Waals surface area contributed by atoms with Crippen LogP contribution in [0.4, 0.5) is 0 Å². The Kier molecular flexibility index (Phi) is 3.73. The molecule has 0 atom stereocenters. The summed E-state index contributed by atoms with van der Waals surface area (Å²) >= 11 is -0.0526. The van der Waals surface area contributed by atoms with Gasteiger partial charge in [-0.05, 0) is 0 Å². The maximum atomic E-state index is 9.15. The first-order chi connectivity index (χ1) is 6.18. The molecule has 0 aliphatic carbocycles. The van der Waals surface area contributed by atoms with Crippen molar-refractivity contribution < 1.29 is 5.11 Å². The number of nitrogens with zero attached hydrogens (tertiary/aromatic N) is 3. The fraction of sp³-hybridized carbons (Fsp3) is 0.250. The molecule has 70 valence electrons. The fourth-order valence-corrected chi connectivity index (χ4v) is 1.92. The van der Waals surface area contributed by atoms with Crippen molar-refractivity contribution in [1.82, 2.24) is 5.01 Å². The van der Waals surface area contributed by atoms with Crippen molar-refractivity contribution in [3.05, 3.63) is 24.3 Å². The predicted octanol–water partition coefficient (Wildman–Crippen LogP) is 0.565. The molecule has 0 unspecified atom stereocenters. The molecule has 0 spiro atoms. The molecule has 0 aliphatic heterocycles. The van der Waals surface area contributed by atoms with E-state index >= 15 is 0 Å². The summed E-state index contributed by atoms with van der Waals surface area (Å²) in [6, 6.07) is 7.07. The summed E-state index contributed by atoms with van der Waals surface area (Å²) in [6.07, 6.45) is 0. The van der Waals surface area contributed by atoms with Crippen LogP contribution in [-0.2, 0) is 0 Å². The van der Waals surface area contributed by atoms with Gasteiger partial charge >= 0.3 is 83.2 Å². The van der Waals surface area contributed by atoms with E-state index in [2.05, 4.69) is 9.35 Å². The van der Waals surface area contributed by atoms with E-state index in [1.807, 2.05) is 20.2 Å². The van der Waals surface area contributed by atoms with Gasteiger partial charge in [0, 0.05) is 0 Å². The minimum atomic E-state index is -0.0526. The van der Waals surface area contributed by atoms with Crippen molar-refractivity contribution in [3.8, 4) is 5.75 Å². The van der Waals surface area contributed by atoms with Crippen LogP contribution in [0.1, 0.15) is 0 Å². The van der Waals surface area contributed by atoms with Crippen molar-refractivity contribution in [2.75, 3.05) is 14.1 Å². The number of hydrogen-bond acceptors (Lipinski definition) is 3. The molecule has 1 N–H and O–H groups in total. The van der Waals surface area contributed by atoms with Crippen LogP contribution in [0.3, 0.4) is 0 Å². The molecule has 0 amide bonds. The number of phenolic OH excluding ortho intramolecular Hbond substituents is 1. The van der Waals surface area contributed by atoms with E-state index < -0.39 is 0 Å².